The molecule has 0 bridgehead atoms. The summed E-state index contributed by atoms with van der Waals surface area (Å²) >= 11 is 0. The van der Waals surface area contributed by atoms with Gasteiger partial charge in [-0.05, 0) is 31.6 Å². The van der Waals surface area contributed by atoms with Gasteiger partial charge in [0, 0.05) is 0 Å². The van der Waals surface area contributed by atoms with E-state index in [0.717, 1.165) is 19.3 Å². The molecule has 0 saturated heterocycles. The Morgan fingerprint density at radius 1 is 1.05 bits per heavy atom. The Hall–Kier alpha value is -0.160. The Kier molecular flexibility index (Phi) is 4.88. The lowest BCUT2D eigenvalue weighted by molar-refractivity contribution is -0.218. The summed E-state index contributed by atoms with van der Waals surface area (Å²) in [5.74, 6) is 0.619. The molecule has 0 aromatic rings. The predicted molar refractivity (Wildman–Crippen MR) is 74.4 cm³/mol. The molecule has 4 nitrogen and oxygen atoms in total. The van der Waals surface area contributed by atoms with Crippen molar-refractivity contribution >= 4 is 0 Å². The van der Waals surface area contributed by atoms with Crippen LogP contribution in [0.5, 0.6) is 0 Å². The van der Waals surface area contributed by atoms with Crippen LogP contribution in [0.3, 0.4) is 0 Å². The van der Waals surface area contributed by atoms with Crippen molar-refractivity contribution < 1.29 is 15.3 Å². The predicted octanol–water partition coefficient (Wildman–Crippen LogP) is 1.66. The lowest BCUT2D eigenvalue weighted by Gasteiger charge is -2.47. The van der Waals surface area contributed by atoms with Gasteiger partial charge in [0.15, 0.2) is 0 Å². The molecule has 3 atom stereocenters. The van der Waals surface area contributed by atoms with Crippen molar-refractivity contribution in [1.82, 2.24) is 0 Å². The van der Waals surface area contributed by atoms with Gasteiger partial charge in [-0.1, -0.05) is 44.9 Å². The number of hydrogen-bond acceptors (Lipinski definition) is 4. The molecule has 0 amide bonds. The number of nitrogens with two attached hydrogens (primary N) is 1. The van der Waals surface area contributed by atoms with Crippen LogP contribution in [0.25, 0.3) is 0 Å². The molecule has 2 aliphatic carbocycles. The molecular weight excluding hydrogens is 242 g/mol. The van der Waals surface area contributed by atoms with E-state index in [1.807, 2.05) is 0 Å². The number of aliphatic hydroxyl groups excluding tert-OH is 1. The standard InChI is InChI=1S/C15H29NO3/c16-15(19,11-9-12-6-2-1-3-7-12)14(18)10-5-4-8-13(14)17/h12-13,17-19H,1-11,16H2/t13?,14-,15+/m0/s1. The van der Waals surface area contributed by atoms with Crippen LogP contribution >= 0.6 is 0 Å². The molecule has 2 rings (SSSR count). The van der Waals surface area contributed by atoms with E-state index in [1.54, 1.807) is 0 Å². The molecule has 2 fully saturated rings. The van der Waals surface area contributed by atoms with Crippen molar-refractivity contribution in [3.63, 3.8) is 0 Å². The SMILES string of the molecule is N[C@@](O)(CCC1CCCCC1)[C@]1(O)CCCCC1O. The summed E-state index contributed by atoms with van der Waals surface area (Å²) < 4.78 is 0. The zero-order chi connectivity index (χ0) is 13.9. The minimum Gasteiger partial charge on any atom is -0.390 e. The van der Waals surface area contributed by atoms with E-state index < -0.39 is 17.4 Å². The summed E-state index contributed by atoms with van der Waals surface area (Å²) in [6, 6.07) is 0. The molecule has 0 aliphatic heterocycles. The summed E-state index contributed by atoms with van der Waals surface area (Å²) in [5, 5.41) is 31.1. The van der Waals surface area contributed by atoms with Crippen LogP contribution in [0.1, 0.15) is 70.6 Å². The monoisotopic (exact) mass is 271 g/mol. The average molecular weight is 271 g/mol. The molecule has 5 N–H and O–H groups in total. The molecule has 1 unspecified atom stereocenters. The second-order valence-corrected chi connectivity index (χ2v) is 6.65. The van der Waals surface area contributed by atoms with Crippen LogP contribution in [-0.2, 0) is 0 Å². The van der Waals surface area contributed by atoms with Crippen molar-refractivity contribution in [2.75, 3.05) is 0 Å². The fourth-order valence-corrected chi connectivity index (χ4v) is 3.76. The average Bonchev–Trinajstić information content (AvgIpc) is 2.41. The van der Waals surface area contributed by atoms with Gasteiger partial charge in [-0.3, -0.25) is 0 Å². The van der Waals surface area contributed by atoms with Crippen molar-refractivity contribution in [3.8, 4) is 0 Å². The topological polar surface area (TPSA) is 86.7 Å². The molecule has 0 aromatic heterocycles. The highest BCUT2D eigenvalue weighted by Gasteiger charge is 2.52. The smallest absolute Gasteiger partial charge is 0.145 e. The van der Waals surface area contributed by atoms with Crippen LogP contribution in [0.4, 0.5) is 0 Å². The van der Waals surface area contributed by atoms with Gasteiger partial charge in [0.1, 0.15) is 11.3 Å². The molecule has 2 saturated carbocycles. The Morgan fingerprint density at radius 2 is 1.68 bits per heavy atom. The summed E-state index contributed by atoms with van der Waals surface area (Å²) in [6.45, 7) is 0. The van der Waals surface area contributed by atoms with Crippen LogP contribution in [-0.4, -0.2) is 32.7 Å². The third-order valence-corrected chi connectivity index (χ3v) is 5.24. The molecule has 112 valence electrons. The second kappa shape index (κ2) is 6.08. The van der Waals surface area contributed by atoms with Gasteiger partial charge in [0.05, 0.1) is 6.10 Å². The van der Waals surface area contributed by atoms with Crippen LogP contribution in [0.15, 0.2) is 0 Å². The summed E-state index contributed by atoms with van der Waals surface area (Å²) in [5.41, 5.74) is 2.79. The lowest BCUT2D eigenvalue weighted by Crippen LogP contribution is -2.67. The van der Waals surface area contributed by atoms with Crippen molar-refractivity contribution in [2.45, 2.75) is 88.1 Å². The van der Waals surface area contributed by atoms with Gasteiger partial charge in [-0.25, -0.2) is 0 Å². The van der Waals surface area contributed by atoms with E-state index in [4.69, 9.17) is 5.73 Å². The zero-order valence-electron chi connectivity index (χ0n) is 11.9. The molecule has 0 heterocycles. The molecule has 19 heavy (non-hydrogen) atoms. The van der Waals surface area contributed by atoms with Gasteiger partial charge in [-0.15, -0.1) is 0 Å². The van der Waals surface area contributed by atoms with Gasteiger partial charge < -0.3 is 21.1 Å². The highest BCUT2D eigenvalue weighted by atomic mass is 16.4. The maximum atomic E-state index is 10.6. The fourth-order valence-electron chi connectivity index (χ4n) is 3.76. The van der Waals surface area contributed by atoms with Gasteiger partial charge in [0.2, 0.25) is 0 Å². The van der Waals surface area contributed by atoms with Gasteiger partial charge in [0.25, 0.3) is 0 Å². The third kappa shape index (κ3) is 3.30. The summed E-state index contributed by atoms with van der Waals surface area (Å²) in [6.07, 6.45) is 9.21. The molecule has 0 aromatic carbocycles. The zero-order valence-corrected chi connectivity index (χ0v) is 11.9. The summed E-state index contributed by atoms with van der Waals surface area (Å²) in [7, 11) is 0. The quantitative estimate of drug-likeness (QED) is 0.586. The fraction of sp³-hybridized carbons (Fsp3) is 1.00. The van der Waals surface area contributed by atoms with Crippen LogP contribution in [0, 0.1) is 5.92 Å². The Bertz CT molecular complexity index is 289. The minimum atomic E-state index is -1.66. The Morgan fingerprint density at radius 3 is 2.32 bits per heavy atom. The molecular formula is C15H29NO3. The van der Waals surface area contributed by atoms with E-state index in [2.05, 4.69) is 0 Å². The maximum absolute atomic E-state index is 10.6. The number of hydrogen-bond donors (Lipinski definition) is 4. The summed E-state index contributed by atoms with van der Waals surface area (Å²) in [4.78, 5) is 0. The van der Waals surface area contributed by atoms with Crippen LogP contribution < -0.4 is 5.73 Å². The highest BCUT2D eigenvalue weighted by Crippen LogP contribution is 2.38. The van der Waals surface area contributed by atoms with Gasteiger partial charge >= 0.3 is 0 Å². The first-order valence-electron chi connectivity index (χ1n) is 7.87. The molecule has 0 spiro atoms. The number of aliphatic hydroxyl groups is 3. The van der Waals surface area contributed by atoms with Crippen molar-refractivity contribution in [1.29, 1.82) is 0 Å². The maximum Gasteiger partial charge on any atom is 0.145 e. The van der Waals surface area contributed by atoms with E-state index in [9.17, 15) is 15.3 Å². The molecule has 0 radical (unpaired) electrons. The number of rotatable bonds is 4. The van der Waals surface area contributed by atoms with Gasteiger partial charge in [-0.2, -0.15) is 0 Å². The first-order chi connectivity index (χ1) is 8.96. The van der Waals surface area contributed by atoms with E-state index in [-0.39, 0.29) is 0 Å². The normalized spacial score (nSPS) is 36.9. The van der Waals surface area contributed by atoms with Crippen molar-refractivity contribution in [3.05, 3.63) is 0 Å². The Labute approximate surface area is 116 Å². The lowest BCUT2D eigenvalue weighted by atomic mass is 9.72. The second-order valence-electron chi connectivity index (χ2n) is 6.65. The van der Waals surface area contributed by atoms with E-state index in [1.165, 1.54) is 32.1 Å². The molecule has 2 aliphatic rings. The van der Waals surface area contributed by atoms with Crippen LogP contribution in [0.2, 0.25) is 0 Å². The largest absolute Gasteiger partial charge is 0.390 e. The van der Waals surface area contributed by atoms with Crippen molar-refractivity contribution in [2.24, 2.45) is 11.7 Å². The van der Waals surface area contributed by atoms with E-state index >= 15 is 0 Å². The third-order valence-electron chi connectivity index (χ3n) is 5.24. The highest BCUT2D eigenvalue weighted by molar-refractivity contribution is 5.02. The first kappa shape index (κ1) is 15.2. The Balaban J connectivity index is 1.92. The first-order valence-corrected chi connectivity index (χ1v) is 7.87. The minimum absolute atomic E-state index is 0.380. The van der Waals surface area contributed by atoms with E-state index in [0.29, 0.717) is 25.2 Å². The molecule has 4 heteroatoms.